The summed E-state index contributed by atoms with van der Waals surface area (Å²) in [7, 11) is -3.20. The number of aryl methyl sites for hydroxylation is 1. The van der Waals surface area contributed by atoms with Crippen molar-refractivity contribution >= 4 is 15.7 Å². The molecule has 1 unspecified atom stereocenters. The van der Waals surface area contributed by atoms with E-state index in [1.54, 1.807) is 24.3 Å². The van der Waals surface area contributed by atoms with E-state index in [-0.39, 0.29) is 5.75 Å². The predicted octanol–water partition coefficient (Wildman–Crippen LogP) is 1.30. The van der Waals surface area contributed by atoms with E-state index < -0.39 is 9.84 Å². The van der Waals surface area contributed by atoms with Crippen LogP contribution >= 0.6 is 0 Å². The fourth-order valence-electron chi connectivity index (χ4n) is 2.78. The Bertz CT molecular complexity index is 756. The van der Waals surface area contributed by atoms with Crippen LogP contribution in [0.5, 0.6) is 0 Å². The highest BCUT2D eigenvalue weighted by molar-refractivity contribution is 7.91. The van der Waals surface area contributed by atoms with Crippen molar-refractivity contribution in [3.63, 3.8) is 0 Å². The van der Waals surface area contributed by atoms with Gasteiger partial charge in [-0.15, -0.1) is 0 Å². The average molecular weight is 334 g/mol. The molecule has 7 heteroatoms. The summed E-state index contributed by atoms with van der Waals surface area (Å²) in [6, 6.07) is 10.6. The van der Waals surface area contributed by atoms with E-state index in [1.165, 1.54) is 0 Å². The Morgan fingerprint density at radius 2 is 2.13 bits per heavy atom. The van der Waals surface area contributed by atoms with Crippen LogP contribution in [0.1, 0.15) is 5.69 Å². The van der Waals surface area contributed by atoms with Gasteiger partial charge in [0.1, 0.15) is 5.82 Å². The summed E-state index contributed by atoms with van der Waals surface area (Å²) in [6.45, 7) is 4.95. The van der Waals surface area contributed by atoms with Gasteiger partial charge in [0.25, 0.3) is 0 Å². The van der Waals surface area contributed by atoms with Gasteiger partial charge in [-0.25, -0.2) is 13.1 Å². The van der Waals surface area contributed by atoms with Crippen molar-refractivity contribution in [1.82, 2.24) is 15.1 Å². The normalized spacial score (nSPS) is 17.5. The van der Waals surface area contributed by atoms with Gasteiger partial charge < -0.3 is 10.6 Å². The molecule has 1 aromatic carbocycles. The summed E-state index contributed by atoms with van der Waals surface area (Å²) < 4.78 is 26.3. The summed E-state index contributed by atoms with van der Waals surface area (Å²) in [5, 5.41) is 11.1. The molecule has 0 saturated carbocycles. The molecule has 0 saturated heterocycles. The van der Waals surface area contributed by atoms with E-state index in [4.69, 9.17) is 0 Å². The number of hydrogen-bond donors (Lipinski definition) is 2. The van der Waals surface area contributed by atoms with E-state index in [0.717, 1.165) is 31.1 Å². The smallest absolute Gasteiger partial charge is 0.179 e. The zero-order chi connectivity index (χ0) is 16.3. The number of nitrogens with zero attached hydrogens (tertiary/aromatic N) is 2. The Morgan fingerprint density at radius 1 is 1.35 bits per heavy atom. The summed E-state index contributed by atoms with van der Waals surface area (Å²) in [4.78, 5) is 0.387. The highest BCUT2D eigenvalue weighted by Crippen LogP contribution is 2.17. The number of fused-ring (bicyclic) bond motifs is 1. The summed E-state index contributed by atoms with van der Waals surface area (Å²) >= 11 is 0. The summed E-state index contributed by atoms with van der Waals surface area (Å²) in [5.41, 5.74) is 1.01. The van der Waals surface area contributed by atoms with Gasteiger partial charge in [-0.3, -0.25) is 0 Å². The average Bonchev–Trinajstić information content (AvgIpc) is 2.92. The van der Waals surface area contributed by atoms with Gasteiger partial charge in [-0.2, -0.15) is 5.10 Å². The van der Waals surface area contributed by atoms with Gasteiger partial charge in [0, 0.05) is 38.2 Å². The maximum absolute atomic E-state index is 12.2. The van der Waals surface area contributed by atoms with Gasteiger partial charge in [0.05, 0.1) is 16.3 Å². The number of rotatable bonds is 6. The summed E-state index contributed by atoms with van der Waals surface area (Å²) in [6.07, 6.45) is 0. The number of nitrogens with one attached hydrogen (secondary N) is 2. The van der Waals surface area contributed by atoms with E-state index in [2.05, 4.69) is 15.7 Å². The standard InChI is InChI=1S/C16H22N4O2S/c1-13-9-16-18-11-14(12-20(16)19-13)10-17-7-8-23(21,22)15-5-3-2-4-6-15/h2-6,9,14,17-18H,7-8,10-12H2,1H3. The number of sulfone groups is 1. The first-order chi connectivity index (χ1) is 11.0. The minimum Gasteiger partial charge on any atom is -0.370 e. The first-order valence-electron chi connectivity index (χ1n) is 7.81. The van der Waals surface area contributed by atoms with Gasteiger partial charge in [0.2, 0.25) is 0 Å². The van der Waals surface area contributed by atoms with Gasteiger partial charge in [-0.05, 0) is 19.1 Å². The molecule has 124 valence electrons. The Kier molecular flexibility index (Phi) is 4.68. The van der Waals surface area contributed by atoms with Crippen LogP contribution in [0.4, 0.5) is 5.82 Å². The van der Waals surface area contributed by atoms with E-state index >= 15 is 0 Å². The molecular formula is C16H22N4O2S. The predicted molar refractivity (Wildman–Crippen MR) is 90.3 cm³/mol. The molecule has 1 atom stereocenters. The lowest BCUT2D eigenvalue weighted by molar-refractivity contribution is 0.394. The molecule has 0 bridgehead atoms. The van der Waals surface area contributed by atoms with Crippen LogP contribution in [0.2, 0.25) is 0 Å². The highest BCUT2D eigenvalue weighted by atomic mass is 32.2. The molecule has 6 nitrogen and oxygen atoms in total. The molecule has 23 heavy (non-hydrogen) atoms. The van der Waals surface area contributed by atoms with Crippen LogP contribution in [-0.4, -0.2) is 43.6 Å². The zero-order valence-electron chi connectivity index (χ0n) is 13.2. The van der Waals surface area contributed by atoms with Gasteiger partial charge >= 0.3 is 0 Å². The maximum atomic E-state index is 12.2. The molecule has 0 amide bonds. The Labute approximate surface area is 136 Å². The lowest BCUT2D eigenvalue weighted by Crippen LogP contribution is -2.36. The monoisotopic (exact) mass is 334 g/mol. The van der Waals surface area contributed by atoms with Crippen molar-refractivity contribution in [2.45, 2.75) is 18.4 Å². The minimum absolute atomic E-state index is 0.114. The van der Waals surface area contributed by atoms with Crippen LogP contribution in [-0.2, 0) is 16.4 Å². The Balaban J connectivity index is 1.46. The number of aromatic nitrogens is 2. The molecule has 2 aromatic rings. The van der Waals surface area contributed by atoms with Crippen molar-refractivity contribution in [1.29, 1.82) is 0 Å². The molecule has 2 heterocycles. The second-order valence-corrected chi connectivity index (χ2v) is 8.05. The van der Waals surface area contributed by atoms with Crippen molar-refractivity contribution in [2.75, 3.05) is 30.7 Å². The first-order valence-corrected chi connectivity index (χ1v) is 9.47. The molecule has 1 aliphatic rings. The molecule has 2 N–H and O–H groups in total. The molecule has 1 aromatic heterocycles. The molecule has 1 aliphatic heterocycles. The van der Waals surface area contributed by atoms with Crippen LogP contribution in [0, 0.1) is 12.8 Å². The van der Waals surface area contributed by atoms with Crippen molar-refractivity contribution in [3.8, 4) is 0 Å². The number of benzene rings is 1. The first kappa shape index (κ1) is 16.0. The fourth-order valence-corrected chi connectivity index (χ4v) is 4.00. The minimum atomic E-state index is -3.20. The van der Waals surface area contributed by atoms with Crippen molar-refractivity contribution in [3.05, 3.63) is 42.1 Å². The Hall–Kier alpha value is -1.86. The molecule has 0 fully saturated rings. The van der Waals surface area contributed by atoms with Crippen LogP contribution in [0.15, 0.2) is 41.3 Å². The Morgan fingerprint density at radius 3 is 2.91 bits per heavy atom. The van der Waals surface area contributed by atoms with E-state index in [1.807, 2.05) is 23.7 Å². The van der Waals surface area contributed by atoms with E-state index in [9.17, 15) is 8.42 Å². The number of anilines is 1. The molecular weight excluding hydrogens is 312 g/mol. The topological polar surface area (TPSA) is 76.0 Å². The SMILES string of the molecule is Cc1cc2n(n1)CC(CNCCS(=O)(=O)c1ccccc1)CN2. The van der Waals surface area contributed by atoms with Gasteiger partial charge in [-0.1, -0.05) is 18.2 Å². The molecule has 0 radical (unpaired) electrons. The summed E-state index contributed by atoms with van der Waals surface area (Å²) in [5.74, 6) is 1.58. The lowest BCUT2D eigenvalue weighted by Gasteiger charge is -2.25. The third kappa shape index (κ3) is 3.92. The molecule has 0 spiro atoms. The maximum Gasteiger partial charge on any atom is 0.179 e. The second kappa shape index (κ2) is 6.72. The number of hydrogen-bond acceptors (Lipinski definition) is 5. The van der Waals surface area contributed by atoms with Crippen molar-refractivity contribution in [2.24, 2.45) is 5.92 Å². The molecule has 0 aliphatic carbocycles. The third-order valence-electron chi connectivity index (χ3n) is 3.99. The zero-order valence-corrected chi connectivity index (χ0v) is 14.0. The fraction of sp³-hybridized carbons (Fsp3) is 0.438. The quantitative estimate of drug-likeness (QED) is 0.779. The van der Waals surface area contributed by atoms with Crippen LogP contribution < -0.4 is 10.6 Å². The van der Waals surface area contributed by atoms with Crippen LogP contribution in [0.3, 0.4) is 0 Å². The third-order valence-corrected chi connectivity index (χ3v) is 5.72. The highest BCUT2D eigenvalue weighted by Gasteiger charge is 2.19. The van der Waals surface area contributed by atoms with Crippen molar-refractivity contribution < 1.29 is 8.42 Å². The van der Waals surface area contributed by atoms with Gasteiger partial charge in [0.15, 0.2) is 9.84 Å². The largest absolute Gasteiger partial charge is 0.370 e. The van der Waals surface area contributed by atoms with E-state index in [0.29, 0.717) is 17.4 Å². The van der Waals surface area contributed by atoms with Crippen LogP contribution in [0.25, 0.3) is 0 Å². The lowest BCUT2D eigenvalue weighted by atomic mass is 10.1. The molecule has 3 rings (SSSR count). The second-order valence-electron chi connectivity index (χ2n) is 5.94.